The Bertz CT molecular complexity index is 648. The average molecular weight is 212 g/mol. The van der Waals surface area contributed by atoms with Crippen LogP contribution in [0.1, 0.15) is 10.6 Å². The van der Waals surface area contributed by atoms with Gasteiger partial charge in [-0.3, -0.25) is 0 Å². The molecular formula is C12H8N2O2. The molecule has 0 amide bonds. The molecule has 0 saturated heterocycles. The van der Waals surface area contributed by atoms with Gasteiger partial charge in [-0.1, -0.05) is 24.3 Å². The zero-order chi connectivity index (χ0) is 11.1. The molecule has 0 aliphatic carbocycles. The molecule has 0 bridgehead atoms. The number of aromatic amines is 1. The van der Waals surface area contributed by atoms with Gasteiger partial charge in [-0.05, 0) is 22.9 Å². The van der Waals surface area contributed by atoms with Crippen LogP contribution in [0.3, 0.4) is 0 Å². The topological polar surface area (TPSA) is 66.0 Å². The van der Waals surface area contributed by atoms with E-state index in [0.29, 0.717) is 5.52 Å². The molecule has 0 fully saturated rings. The van der Waals surface area contributed by atoms with Crippen molar-refractivity contribution in [2.75, 3.05) is 0 Å². The number of aromatic nitrogens is 2. The summed E-state index contributed by atoms with van der Waals surface area (Å²) in [5.74, 6) is -1.06. The normalized spacial score (nSPS) is 11.0. The molecule has 1 heterocycles. The van der Waals surface area contributed by atoms with Crippen LogP contribution in [0, 0.1) is 0 Å². The maximum absolute atomic E-state index is 10.8. The Labute approximate surface area is 90.5 Å². The van der Waals surface area contributed by atoms with Crippen LogP contribution in [0.2, 0.25) is 0 Å². The third-order valence-electron chi connectivity index (χ3n) is 2.55. The quantitative estimate of drug-likeness (QED) is 0.651. The fourth-order valence-corrected chi connectivity index (χ4v) is 1.80. The van der Waals surface area contributed by atoms with Crippen LogP contribution in [-0.4, -0.2) is 21.0 Å². The first-order valence-electron chi connectivity index (χ1n) is 4.86. The highest BCUT2D eigenvalue weighted by molar-refractivity contribution is 5.97. The zero-order valence-electron chi connectivity index (χ0n) is 8.27. The largest absolute Gasteiger partial charge is 0.475 e. The van der Waals surface area contributed by atoms with Crippen molar-refractivity contribution in [3.63, 3.8) is 0 Å². The summed E-state index contributed by atoms with van der Waals surface area (Å²) in [6.07, 6.45) is 0. The van der Waals surface area contributed by atoms with Crippen LogP contribution >= 0.6 is 0 Å². The molecule has 0 saturated carbocycles. The van der Waals surface area contributed by atoms with Gasteiger partial charge in [0.2, 0.25) is 5.82 Å². The SMILES string of the molecule is O=C(O)c1nc2cc3ccccc3cc2[nH]1. The minimum atomic E-state index is -1.04. The van der Waals surface area contributed by atoms with E-state index >= 15 is 0 Å². The number of nitrogens with zero attached hydrogens (tertiary/aromatic N) is 1. The molecule has 2 N–H and O–H groups in total. The fraction of sp³-hybridized carbons (Fsp3) is 0. The summed E-state index contributed by atoms with van der Waals surface area (Å²) >= 11 is 0. The van der Waals surface area contributed by atoms with Crippen molar-refractivity contribution in [1.29, 1.82) is 0 Å². The van der Waals surface area contributed by atoms with Crippen LogP contribution in [0.5, 0.6) is 0 Å². The maximum atomic E-state index is 10.8. The van der Waals surface area contributed by atoms with Gasteiger partial charge in [0.15, 0.2) is 0 Å². The maximum Gasteiger partial charge on any atom is 0.371 e. The van der Waals surface area contributed by atoms with Gasteiger partial charge in [-0.25, -0.2) is 9.78 Å². The van der Waals surface area contributed by atoms with Gasteiger partial charge >= 0.3 is 5.97 Å². The van der Waals surface area contributed by atoms with Crippen molar-refractivity contribution >= 4 is 27.8 Å². The van der Waals surface area contributed by atoms with E-state index in [1.165, 1.54) is 0 Å². The molecule has 0 spiro atoms. The molecular weight excluding hydrogens is 204 g/mol. The molecule has 0 aliphatic heterocycles. The average Bonchev–Trinajstić information content (AvgIpc) is 2.68. The minimum Gasteiger partial charge on any atom is -0.475 e. The number of rotatable bonds is 1. The number of hydrogen-bond donors (Lipinski definition) is 2. The molecule has 1 aromatic heterocycles. The smallest absolute Gasteiger partial charge is 0.371 e. The lowest BCUT2D eigenvalue weighted by molar-refractivity contribution is 0.0685. The van der Waals surface area contributed by atoms with Crippen LogP contribution in [-0.2, 0) is 0 Å². The first-order chi connectivity index (χ1) is 7.74. The second kappa shape index (κ2) is 3.06. The second-order valence-electron chi connectivity index (χ2n) is 3.61. The number of H-pyrrole nitrogens is 1. The number of nitrogens with one attached hydrogen (secondary N) is 1. The number of carboxylic acid groups (broad SMARTS) is 1. The standard InChI is InChI=1S/C12H8N2O2/c15-12(16)11-13-9-5-7-3-1-2-4-8(7)6-10(9)14-11/h1-6H,(H,13,14)(H,15,16). The van der Waals surface area contributed by atoms with Crippen LogP contribution in [0.15, 0.2) is 36.4 Å². The van der Waals surface area contributed by atoms with Gasteiger partial charge in [0.1, 0.15) is 0 Å². The predicted octanol–water partition coefficient (Wildman–Crippen LogP) is 2.41. The van der Waals surface area contributed by atoms with E-state index in [4.69, 9.17) is 5.11 Å². The van der Waals surface area contributed by atoms with Gasteiger partial charge < -0.3 is 10.1 Å². The van der Waals surface area contributed by atoms with Crippen molar-refractivity contribution in [3.8, 4) is 0 Å². The van der Waals surface area contributed by atoms with Gasteiger partial charge in [-0.15, -0.1) is 0 Å². The van der Waals surface area contributed by atoms with Crippen molar-refractivity contribution in [1.82, 2.24) is 9.97 Å². The highest BCUT2D eigenvalue weighted by Gasteiger charge is 2.09. The van der Waals surface area contributed by atoms with Gasteiger partial charge in [-0.2, -0.15) is 0 Å². The summed E-state index contributed by atoms with van der Waals surface area (Å²) in [5, 5.41) is 10.9. The van der Waals surface area contributed by atoms with E-state index < -0.39 is 5.97 Å². The third kappa shape index (κ3) is 1.24. The minimum absolute atomic E-state index is 0.0229. The lowest BCUT2D eigenvalue weighted by Gasteiger charge is -1.95. The van der Waals surface area contributed by atoms with E-state index in [1.54, 1.807) is 0 Å². The van der Waals surface area contributed by atoms with E-state index in [9.17, 15) is 4.79 Å². The number of benzene rings is 2. The Hall–Kier alpha value is -2.36. The molecule has 78 valence electrons. The number of hydrogen-bond acceptors (Lipinski definition) is 2. The summed E-state index contributed by atoms with van der Waals surface area (Å²) in [6.45, 7) is 0. The van der Waals surface area contributed by atoms with E-state index in [0.717, 1.165) is 16.3 Å². The summed E-state index contributed by atoms with van der Waals surface area (Å²) < 4.78 is 0. The van der Waals surface area contributed by atoms with E-state index in [2.05, 4.69) is 9.97 Å². The monoisotopic (exact) mass is 212 g/mol. The van der Waals surface area contributed by atoms with Crippen molar-refractivity contribution in [2.45, 2.75) is 0 Å². The van der Waals surface area contributed by atoms with Gasteiger partial charge in [0.25, 0.3) is 0 Å². The van der Waals surface area contributed by atoms with E-state index in [1.807, 2.05) is 36.4 Å². The number of aromatic carboxylic acids is 1. The van der Waals surface area contributed by atoms with Crippen molar-refractivity contribution in [3.05, 3.63) is 42.2 Å². The fourth-order valence-electron chi connectivity index (χ4n) is 1.80. The Morgan fingerprint density at radius 1 is 1.19 bits per heavy atom. The van der Waals surface area contributed by atoms with Crippen molar-refractivity contribution in [2.24, 2.45) is 0 Å². The summed E-state index contributed by atoms with van der Waals surface area (Å²) in [5.41, 5.74) is 1.42. The Morgan fingerprint density at radius 3 is 2.56 bits per heavy atom. The number of carbonyl (C=O) groups is 1. The first-order valence-corrected chi connectivity index (χ1v) is 4.86. The zero-order valence-corrected chi connectivity index (χ0v) is 8.27. The molecule has 4 heteroatoms. The Balaban J connectivity index is 2.38. The van der Waals surface area contributed by atoms with Crippen LogP contribution in [0.25, 0.3) is 21.8 Å². The molecule has 3 aromatic rings. The molecule has 16 heavy (non-hydrogen) atoms. The van der Waals surface area contributed by atoms with Crippen LogP contribution in [0.4, 0.5) is 0 Å². The summed E-state index contributed by atoms with van der Waals surface area (Å²) in [6, 6.07) is 11.6. The summed E-state index contributed by atoms with van der Waals surface area (Å²) in [4.78, 5) is 17.6. The number of carboxylic acids is 1. The molecule has 0 atom stereocenters. The molecule has 2 aromatic carbocycles. The number of fused-ring (bicyclic) bond motifs is 2. The molecule has 0 radical (unpaired) electrons. The van der Waals surface area contributed by atoms with Crippen LogP contribution < -0.4 is 0 Å². The van der Waals surface area contributed by atoms with E-state index in [-0.39, 0.29) is 5.82 Å². The highest BCUT2D eigenvalue weighted by atomic mass is 16.4. The van der Waals surface area contributed by atoms with Gasteiger partial charge in [0.05, 0.1) is 11.0 Å². The Kier molecular flexibility index (Phi) is 1.71. The van der Waals surface area contributed by atoms with Gasteiger partial charge in [0, 0.05) is 0 Å². The summed E-state index contributed by atoms with van der Waals surface area (Å²) in [7, 11) is 0. The molecule has 4 nitrogen and oxygen atoms in total. The molecule has 0 aliphatic rings. The second-order valence-corrected chi connectivity index (χ2v) is 3.61. The number of imidazole rings is 1. The third-order valence-corrected chi connectivity index (χ3v) is 2.55. The highest BCUT2D eigenvalue weighted by Crippen LogP contribution is 2.20. The molecule has 0 unspecified atom stereocenters. The lowest BCUT2D eigenvalue weighted by Crippen LogP contribution is -1.97. The Morgan fingerprint density at radius 2 is 1.88 bits per heavy atom. The predicted molar refractivity (Wildman–Crippen MR) is 60.6 cm³/mol. The molecule has 3 rings (SSSR count). The first kappa shape index (κ1) is 8.91. The lowest BCUT2D eigenvalue weighted by atomic mass is 10.1. The van der Waals surface area contributed by atoms with Crippen molar-refractivity contribution < 1.29 is 9.90 Å².